The summed E-state index contributed by atoms with van der Waals surface area (Å²) < 4.78 is 0. The average Bonchev–Trinajstić information content (AvgIpc) is 2.79. The summed E-state index contributed by atoms with van der Waals surface area (Å²) in [5.41, 5.74) is 8.07. The molecule has 1 fully saturated rings. The second kappa shape index (κ2) is 9.18. The first-order valence-corrected chi connectivity index (χ1v) is 10.6. The van der Waals surface area contributed by atoms with E-state index in [0.717, 1.165) is 41.3 Å². The van der Waals surface area contributed by atoms with Crippen molar-refractivity contribution in [3.05, 3.63) is 66.2 Å². The summed E-state index contributed by atoms with van der Waals surface area (Å²) >= 11 is 0. The van der Waals surface area contributed by atoms with E-state index in [9.17, 15) is 14.7 Å². The summed E-state index contributed by atoms with van der Waals surface area (Å²) in [5.74, 6) is -0.230. The highest BCUT2D eigenvalue weighted by molar-refractivity contribution is 6.10. The van der Waals surface area contributed by atoms with Gasteiger partial charge in [-0.05, 0) is 59.5 Å². The van der Waals surface area contributed by atoms with Crippen LogP contribution in [0.3, 0.4) is 0 Å². The summed E-state index contributed by atoms with van der Waals surface area (Å²) in [5, 5.41) is 14.5. The molecule has 3 aromatic rings. The van der Waals surface area contributed by atoms with Crippen LogP contribution in [0.5, 0.6) is 5.75 Å². The summed E-state index contributed by atoms with van der Waals surface area (Å²) in [6.45, 7) is 2.79. The number of phenols is 1. The molecule has 0 saturated carbocycles. The molecule has 0 radical (unpaired) electrons. The number of aromatic hydroxyl groups is 1. The maximum absolute atomic E-state index is 12.9. The Labute approximate surface area is 181 Å². The van der Waals surface area contributed by atoms with Crippen molar-refractivity contribution in [2.24, 2.45) is 11.7 Å². The van der Waals surface area contributed by atoms with Gasteiger partial charge in [0.25, 0.3) is 5.91 Å². The minimum Gasteiger partial charge on any atom is -0.508 e. The van der Waals surface area contributed by atoms with Crippen molar-refractivity contribution in [3.8, 4) is 16.9 Å². The molecule has 0 aliphatic carbocycles. The van der Waals surface area contributed by atoms with Crippen LogP contribution in [-0.2, 0) is 4.79 Å². The molecule has 0 spiro atoms. The lowest BCUT2D eigenvalue weighted by molar-refractivity contribution is -0.123. The van der Waals surface area contributed by atoms with Crippen molar-refractivity contribution in [2.45, 2.75) is 12.8 Å². The van der Waals surface area contributed by atoms with E-state index < -0.39 is 0 Å². The molecule has 2 amide bonds. The molecule has 160 valence electrons. The van der Waals surface area contributed by atoms with Gasteiger partial charge in [0, 0.05) is 25.2 Å². The van der Waals surface area contributed by atoms with Crippen molar-refractivity contribution in [1.29, 1.82) is 0 Å². The minimum atomic E-state index is -0.242. The fourth-order valence-electron chi connectivity index (χ4n) is 4.30. The molecule has 0 aromatic heterocycles. The van der Waals surface area contributed by atoms with Crippen molar-refractivity contribution in [3.63, 3.8) is 0 Å². The highest BCUT2D eigenvalue weighted by atomic mass is 16.3. The van der Waals surface area contributed by atoms with Crippen molar-refractivity contribution in [2.75, 3.05) is 26.2 Å². The Morgan fingerprint density at radius 1 is 1.03 bits per heavy atom. The first-order chi connectivity index (χ1) is 15.0. The minimum absolute atomic E-state index is 0.0964. The molecule has 1 aliphatic rings. The van der Waals surface area contributed by atoms with Gasteiger partial charge in [0.1, 0.15) is 5.75 Å². The van der Waals surface area contributed by atoms with Crippen LogP contribution in [0, 0.1) is 5.92 Å². The molecule has 4 N–H and O–H groups in total. The summed E-state index contributed by atoms with van der Waals surface area (Å²) in [7, 11) is 0. The predicted molar refractivity (Wildman–Crippen MR) is 122 cm³/mol. The van der Waals surface area contributed by atoms with Gasteiger partial charge in [-0.1, -0.05) is 42.5 Å². The standard InChI is InChI=1S/C25H27N3O3/c26-24(30)18-4-3-14-28(16-18)15-13-27-25(31)23-12-11-20(17-7-9-19(29)10-8-17)21-5-1-2-6-22(21)23/h1-2,5-12,18,29H,3-4,13-16H2,(H2,26,30)(H,27,31). The number of primary amides is 1. The molecule has 3 aromatic carbocycles. The molecule has 1 heterocycles. The summed E-state index contributed by atoms with van der Waals surface area (Å²) in [4.78, 5) is 26.6. The lowest BCUT2D eigenvalue weighted by atomic mass is 9.94. The zero-order valence-electron chi connectivity index (χ0n) is 17.4. The Hall–Kier alpha value is -3.38. The number of hydrogen-bond donors (Lipinski definition) is 3. The molecular weight excluding hydrogens is 390 g/mol. The largest absolute Gasteiger partial charge is 0.508 e. The number of rotatable bonds is 6. The van der Waals surface area contributed by atoms with Gasteiger partial charge in [0.15, 0.2) is 0 Å². The summed E-state index contributed by atoms with van der Waals surface area (Å²) in [6.07, 6.45) is 1.79. The number of carbonyl (C=O) groups excluding carboxylic acids is 2. The van der Waals surface area contributed by atoms with Crippen LogP contribution >= 0.6 is 0 Å². The van der Waals surface area contributed by atoms with Crippen molar-refractivity contribution in [1.82, 2.24) is 10.2 Å². The quantitative estimate of drug-likeness (QED) is 0.574. The lowest BCUT2D eigenvalue weighted by Gasteiger charge is -2.31. The molecule has 1 unspecified atom stereocenters. The van der Waals surface area contributed by atoms with E-state index in [1.807, 2.05) is 48.5 Å². The van der Waals surface area contributed by atoms with Gasteiger partial charge in [-0.2, -0.15) is 0 Å². The molecule has 1 aliphatic heterocycles. The number of phenolic OH excluding ortho intramolecular Hbond substituents is 1. The number of carbonyl (C=O) groups is 2. The molecule has 1 atom stereocenters. The zero-order valence-corrected chi connectivity index (χ0v) is 17.4. The Kier molecular flexibility index (Phi) is 6.18. The molecule has 0 bridgehead atoms. The van der Waals surface area contributed by atoms with Gasteiger partial charge < -0.3 is 21.1 Å². The molecular formula is C25H27N3O3. The van der Waals surface area contributed by atoms with Crippen molar-refractivity contribution >= 4 is 22.6 Å². The van der Waals surface area contributed by atoms with E-state index in [-0.39, 0.29) is 23.5 Å². The Morgan fingerprint density at radius 3 is 2.52 bits per heavy atom. The lowest BCUT2D eigenvalue weighted by Crippen LogP contribution is -2.44. The predicted octanol–water partition coefficient (Wildman–Crippen LogP) is 3.14. The topological polar surface area (TPSA) is 95.7 Å². The zero-order chi connectivity index (χ0) is 21.8. The first kappa shape index (κ1) is 20.9. The summed E-state index contributed by atoms with van der Waals surface area (Å²) in [6, 6.07) is 18.7. The number of piperidine rings is 1. The number of likely N-dealkylation sites (tertiary alicyclic amines) is 1. The van der Waals surface area contributed by atoms with Crippen LogP contribution in [0.1, 0.15) is 23.2 Å². The van der Waals surface area contributed by atoms with Gasteiger partial charge in [0.05, 0.1) is 5.92 Å². The van der Waals surface area contributed by atoms with Crippen LogP contribution in [0.15, 0.2) is 60.7 Å². The number of nitrogens with one attached hydrogen (secondary N) is 1. The molecule has 4 rings (SSSR count). The Bertz CT molecular complexity index is 1090. The van der Waals surface area contributed by atoms with Crippen LogP contribution < -0.4 is 11.1 Å². The highest BCUT2D eigenvalue weighted by Crippen LogP contribution is 2.31. The Morgan fingerprint density at radius 2 is 1.77 bits per heavy atom. The molecule has 6 nitrogen and oxygen atoms in total. The second-order valence-corrected chi connectivity index (χ2v) is 8.05. The van der Waals surface area contributed by atoms with E-state index in [1.165, 1.54) is 0 Å². The van der Waals surface area contributed by atoms with E-state index in [4.69, 9.17) is 5.73 Å². The van der Waals surface area contributed by atoms with Gasteiger partial charge >= 0.3 is 0 Å². The van der Waals surface area contributed by atoms with Crippen LogP contribution in [0.2, 0.25) is 0 Å². The number of fused-ring (bicyclic) bond motifs is 1. The number of nitrogens with two attached hydrogens (primary N) is 1. The fraction of sp³-hybridized carbons (Fsp3) is 0.280. The maximum atomic E-state index is 12.9. The fourth-order valence-corrected chi connectivity index (χ4v) is 4.30. The SMILES string of the molecule is NC(=O)C1CCCN(CCNC(=O)c2ccc(-c3ccc(O)cc3)c3ccccc23)C1. The van der Waals surface area contributed by atoms with E-state index >= 15 is 0 Å². The monoisotopic (exact) mass is 417 g/mol. The average molecular weight is 418 g/mol. The third kappa shape index (κ3) is 4.70. The number of nitrogens with zero attached hydrogens (tertiary/aromatic N) is 1. The van der Waals surface area contributed by atoms with E-state index in [0.29, 0.717) is 25.2 Å². The number of benzene rings is 3. The highest BCUT2D eigenvalue weighted by Gasteiger charge is 2.23. The molecule has 1 saturated heterocycles. The second-order valence-electron chi connectivity index (χ2n) is 8.05. The Balaban J connectivity index is 1.48. The normalized spacial score (nSPS) is 16.8. The van der Waals surface area contributed by atoms with Crippen LogP contribution in [0.25, 0.3) is 21.9 Å². The third-order valence-corrected chi connectivity index (χ3v) is 5.97. The smallest absolute Gasteiger partial charge is 0.251 e. The van der Waals surface area contributed by atoms with Crippen LogP contribution in [0.4, 0.5) is 0 Å². The van der Waals surface area contributed by atoms with Gasteiger partial charge in [-0.25, -0.2) is 0 Å². The molecule has 6 heteroatoms. The van der Waals surface area contributed by atoms with Gasteiger partial charge in [-0.15, -0.1) is 0 Å². The van der Waals surface area contributed by atoms with Gasteiger partial charge in [-0.3, -0.25) is 9.59 Å². The number of amides is 2. The van der Waals surface area contributed by atoms with E-state index in [1.54, 1.807) is 12.1 Å². The first-order valence-electron chi connectivity index (χ1n) is 10.6. The van der Waals surface area contributed by atoms with Crippen LogP contribution in [-0.4, -0.2) is 48.0 Å². The maximum Gasteiger partial charge on any atom is 0.251 e. The molecule has 31 heavy (non-hydrogen) atoms. The number of hydrogen-bond acceptors (Lipinski definition) is 4. The van der Waals surface area contributed by atoms with Gasteiger partial charge in [0.2, 0.25) is 5.91 Å². The van der Waals surface area contributed by atoms with Crippen molar-refractivity contribution < 1.29 is 14.7 Å². The van der Waals surface area contributed by atoms with E-state index in [2.05, 4.69) is 10.2 Å². The third-order valence-electron chi connectivity index (χ3n) is 5.97.